The van der Waals surface area contributed by atoms with E-state index in [1.54, 1.807) is 0 Å². The summed E-state index contributed by atoms with van der Waals surface area (Å²) in [4.78, 5) is 0. The first-order valence-corrected chi connectivity index (χ1v) is 7.75. The molecule has 125 valence electrons. The molecule has 0 N–H and O–H groups in total. The van der Waals surface area contributed by atoms with Crippen LogP contribution in [0.4, 0.5) is 0 Å². The molecule has 0 saturated carbocycles. The Morgan fingerprint density at radius 2 is 1.62 bits per heavy atom. The summed E-state index contributed by atoms with van der Waals surface area (Å²) in [6.45, 7) is 8.51. The summed E-state index contributed by atoms with van der Waals surface area (Å²) in [5, 5.41) is 1.17. The number of halogens is 2. The van der Waals surface area contributed by atoms with E-state index in [9.17, 15) is 0 Å². The Morgan fingerprint density at radius 3 is 1.83 bits per heavy atom. The average molecular weight is 454 g/mol. The van der Waals surface area contributed by atoms with Gasteiger partial charge in [0.05, 0.1) is 10.2 Å². The maximum Gasteiger partial charge on any atom is 4.00 e. The van der Waals surface area contributed by atoms with Gasteiger partial charge in [-0.2, -0.15) is 17.2 Å². The van der Waals surface area contributed by atoms with E-state index in [-0.39, 0.29) is 51.0 Å². The molecule has 0 spiro atoms. The Bertz CT molecular complexity index is 551. The molecule has 0 aromatic heterocycles. The van der Waals surface area contributed by atoms with Gasteiger partial charge in [0.15, 0.2) is 0 Å². The first-order chi connectivity index (χ1) is 10.0. The number of hydrogen-bond acceptors (Lipinski definition) is 0. The minimum Gasteiger partial charge on any atom is -1.00 e. The van der Waals surface area contributed by atoms with E-state index in [4.69, 9.17) is 0 Å². The first kappa shape index (κ1) is 28.7. The van der Waals surface area contributed by atoms with Crippen molar-refractivity contribution in [2.75, 3.05) is 0 Å². The van der Waals surface area contributed by atoms with Gasteiger partial charge < -0.3 is 24.8 Å². The molecule has 0 aliphatic heterocycles. The van der Waals surface area contributed by atoms with Gasteiger partial charge in [-0.3, -0.25) is 12.2 Å². The van der Waals surface area contributed by atoms with E-state index in [0.717, 1.165) is 12.8 Å². The summed E-state index contributed by atoms with van der Waals surface area (Å²) in [5.74, 6) is 0. The Kier molecular flexibility index (Phi) is 19.5. The van der Waals surface area contributed by atoms with E-state index in [0.29, 0.717) is 0 Å². The van der Waals surface area contributed by atoms with Crippen molar-refractivity contribution in [1.29, 1.82) is 0 Å². The van der Waals surface area contributed by atoms with Gasteiger partial charge in [-0.1, -0.05) is 48.9 Å². The zero-order chi connectivity index (χ0) is 15.7. The molecule has 3 radical (unpaired) electrons. The zero-order valence-corrected chi connectivity index (χ0v) is 19.7. The summed E-state index contributed by atoms with van der Waals surface area (Å²) in [7, 11) is 3.44. The Morgan fingerprint density at radius 1 is 1.00 bits per heavy atom. The molecule has 0 fully saturated rings. The number of benzene rings is 1. The van der Waals surface area contributed by atoms with Gasteiger partial charge in [-0.25, -0.2) is 17.7 Å². The van der Waals surface area contributed by atoms with Gasteiger partial charge in [0, 0.05) is 0 Å². The van der Waals surface area contributed by atoms with Crippen molar-refractivity contribution < 1.29 is 51.0 Å². The predicted octanol–water partition coefficient (Wildman–Crippen LogP) is -1.42. The molecule has 0 bridgehead atoms. The second-order valence-electron chi connectivity index (χ2n) is 5.20. The van der Waals surface area contributed by atoms with Crippen LogP contribution in [-0.4, -0.2) is 10.2 Å². The molecule has 0 atom stereocenters. The summed E-state index contributed by atoms with van der Waals surface area (Å²) in [6, 6.07) is 8.14. The van der Waals surface area contributed by atoms with E-state index in [1.165, 1.54) is 27.5 Å². The van der Waals surface area contributed by atoms with E-state index in [1.807, 2.05) is 30.4 Å². The molecule has 1 aromatic rings. The van der Waals surface area contributed by atoms with Crippen LogP contribution in [0, 0.1) is 19.1 Å². The van der Waals surface area contributed by atoms with Gasteiger partial charge in [-0.15, -0.1) is 19.8 Å². The minimum absolute atomic E-state index is 0. The van der Waals surface area contributed by atoms with Crippen LogP contribution < -0.4 is 30.0 Å². The van der Waals surface area contributed by atoms with Crippen molar-refractivity contribution in [3.05, 3.63) is 76.9 Å². The molecule has 1 aromatic carbocycles. The van der Waals surface area contributed by atoms with Gasteiger partial charge in [0.25, 0.3) is 0 Å². The van der Waals surface area contributed by atoms with Gasteiger partial charge in [0.2, 0.25) is 0 Å². The monoisotopic (exact) mass is 451 g/mol. The third-order valence-electron chi connectivity index (χ3n) is 3.55. The van der Waals surface area contributed by atoms with Crippen molar-refractivity contribution in [3.8, 4) is 0 Å². The molecular formula is C20H23Cl2SiZr. The molecular weight excluding hydrogens is 430 g/mol. The standard InChI is InChI=1S/C8H11.C7H7Si.C5H5.2ClH.Zr/c1-6-4-5-7(2)8(6)3;1-6-4-2-3-5-7(6)8;1-2-4-5-3-1;;;/h4H2,1-3H3;2-5H,1H3;1-3H,4H2;2*1H;/q-1;;-1;;;+4/p-2. The molecule has 2 aliphatic carbocycles. The summed E-state index contributed by atoms with van der Waals surface area (Å²) < 4.78 is 0. The van der Waals surface area contributed by atoms with Crippen molar-refractivity contribution in [2.45, 2.75) is 40.5 Å². The van der Waals surface area contributed by atoms with Crippen LogP contribution in [0.3, 0.4) is 0 Å². The Labute approximate surface area is 183 Å². The fraction of sp³-hybridized carbons (Fsp3) is 0.300. The van der Waals surface area contributed by atoms with Crippen LogP contribution in [0.2, 0.25) is 0 Å². The maximum atomic E-state index is 3.44. The minimum atomic E-state index is 0. The largest absolute Gasteiger partial charge is 4.00 e. The van der Waals surface area contributed by atoms with Crippen LogP contribution >= 0.6 is 0 Å². The fourth-order valence-electron chi connectivity index (χ4n) is 1.76. The van der Waals surface area contributed by atoms with Crippen LogP contribution in [-0.2, 0) is 26.2 Å². The molecule has 24 heavy (non-hydrogen) atoms. The van der Waals surface area contributed by atoms with E-state index >= 15 is 0 Å². The van der Waals surface area contributed by atoms with E-state index < -0.39 is 0 Å². The topological polar surface area (TPSA) is 0 Å². The average Bonchev–Trinajstić information content (AvgIpc) is 3.14. The smallest absolute Gasteiger partial charge is 1.00 e. The van der Waals surface area contributed by atoms with Crippen molar-refractivity contribution in [1.82, 2.24) is 0 Å². The molecule has 3 rings (SSSR count). The molecule has 2 aliphatic rings. The van der Waals surface area contributed by atoms with E-state index in [2.05, 4.69) is 62.2 Å². The second-order valence-corrected chi connectivity index (χ2v) is 5.74. The number of allylic oxidation sites excluding steroid dienone is 8. The predicted molar refractivity (Wildman–Crippen MR) is 93.6 cm³/mol. The fourth-order valence-corrected chi connectivity index (χ4v) is 1.94. The number of aryl methyl sites for hydroxylation is 1. The van der Waals surface area contributed by atoms with Gasteiger partial charge >= 0.3 is 26.2 Å². The summed E-state index contributed by atoms with van der Waals surface area (Å²) in [5.41, 5.74) is 5.53. The van der Waals surface area contributed by atoms with Crippen molar-refractivity contribution >= 4 is 15.4 Å². The van der Waals surface area contributed by atoms with Crippen LogP contribution in [0.15, 0.2) is 59.2 Å². The third-order valence-corrected chi connectivity index (χ3v) is 4.11. The summed E-state index contributed by atoms with van der Waals surface area (Å²) in [6.07, 6.45) is 14.3. The third kappa shape index (κ3) is 11.4. The van der Waals surface area contributed by atoms with Crippen LogP contribution in [0.1, 0.15) is 39.2 Å². The summed E-state index contributed by atoms with van der Waals surface area (Å²) >= 11 is 0. The zero-order valence-electron chi connectivity index (χ0n) is 14.7. The van der Waals surface area contributed by atoms with Crippen molar-refractivity contribution in [2.24, 2.45) is 0 Å². The SMILES string of the molecule is CC1=[C-]CC(C)=C1C.Cc1ccccc1[Si].[C-]1=CC=CC1.[Cl-].[Cl-].[Zr+4]. The Hall–Kier alpha value is -0.140. The second kappa shape index (κ2) is 16.3. The normalized spacial score (nSPS) is 13.3. The quantitative estimate of drug-likeness (QED) is 0.334. The van der Waals surface area contributed by atoms with Crippen LogP contribution in [0.25, 0.3) is 0 Å². The molecule has 0 nitrogen and oxygen atoms in total. The Balaban J connectivity index is -0.000000265. The molecule has 0 amide bonds. The first-order valence-electron chi connectivity index (χ1n) is 7.25. The maximum absolute atomic E-state index is 3.44. The molecule has 0 unspecified atom stereocenters. The number of rotatable bonds is 0. The molecule has 4 heteroatoms. The van der Waals surface area contributed by atoms with Crippen molar-refractivity contribution in [3.63, 3.8) is 0 Å². The van der Waals surface area contributed by atoms with Crippen LogP contribution in [0.5, 0.6) is 0 Å². The number of hydrogen-bond donors (Lipinski definition) is 0. The molecule has 0 heterocycles. The van der Waals surface area contributed by atoms with Gasteiger partial charge in [0.1, 0.15) is 0 Å². The molecule has 0 saturated heterocycles. The van der Waals surface area contributed by atoms with Gasteiger partial charge in [-0.05, 0) is 6.92 Å².